The Hall–Kier alpha value is 0.290. The molecule has 0 heterocycles. The van der Waals surface area contributed by atoms with Crippen LogP contribution in [0.25, 0.3) is 0 Å². The molecule has 7 saturated carbocycles. The lowest BCUT2D eigenvalue weighted by Gasteiger charge is -2.27. The van der Waals surface area contributed by atoms with Gasteiger partial charge in [0.25, 0.3) is 0 Å². The number of alkyl halides is 1. The van der Waals surface area contributed by atoms with E-state index in [1.807, 2.05) is 0 Å². The van der Waals surface area contributed by atoms with Crippen LogP contribution in [0.4, 0.5) is 0 Å². The molecule has 0 aromatic carbocycles. The molecule has 0 spiro atoms. The fraction of sp³-hybridized carbons (Fsp3) is 1.00. The molecule has 0 saturated heterocycles. The number of hydrogen-bond donors (Lipinski definition) is 0. The molecule has 0 N–H and O–H groups in total. The molecule has 74 valence electrons. The Bertz CT molecular complexity index is 314. The molecule has 1 heteroatoms. The van der Waals surface area contributed by atoms with Gasteiger partial charge < -0.3 is 0 Å². The average Bonchev–Trinajstić information content (AvgIpc) is 3.04. The van der Waals surface area contributed by atoms with Crippen molar-refractivity contribution in [3.63, 3.8) is 0 Å². The van der Waals surface area contributed by atoms with E-state index >= 15 is 0 Å². The maximum Gasteiger partial charge on any atom is 0.0539 e. The topological polar surface area (TPSA) is 0 Å². The van der Waals surface area contributed by atoms with Crippen LogP contribution < -0.4 is 0 Å². The fourth-order valence-corrected chi connectivity index (χ4v) is 7.12. The van der Waals surface area contributed by atoms with Crippen molar-refractivity contribution in [2.45, 2.75) is 24.1 Å². The molecular formula is C13H15Cl. The third-order valence-electron chi connectivity index (χ3n) is 6.90. The summed E-state index contributed by atoms with van der Waals surface area (Å²) in [7, 11) is 0. The minimum atomic E-state index is 0.345. The van der Waals surface area contributed by atoms with Crippen LogP contribution >= 0.6 is 11.6 Å². The van der Waals surface area contributed by atoms with Crippen molar-refractivity contribution in [1.29, 1.82) is 0 Å². The first-order chi connectivity index (χ1) is 6.82. The third-order valence-corrected chi connectivity index (χ3v) is 7.74. The van der Waals surface area contributed by atoms with Gasteiger partial charge in [-0.2, -0.15) is 0 Å². The Kier molecular flexibility index (Phi) is 0.738. The van der Waals surface area contributed by atoms with Crippen LogP contribution in [0.1, 0.15) is 19.3 Å². The second-order valence-corrected chi connectivity index (χ2v) is 7.73. The van der Waals surface area contributed by atoms with Crippen molar-refractivity contribution in [1.82, 2.24) is 0 Å². The molecule has 0 radical (unpaired) electrons. The van der Waals surface area contributed by atoms with Crippen LogP contribution in [0.15, 0.2) is 0 Å². The standard InChI is InChI=1S/C13H15Cl/c14-13-7-1-4(7)10-11(5-2-8(5)13)12(10)6-3-9(6)13/h4-12H,1-3H2/t4-,5-,6-,7+,8+,9+,10?,11?,12?,13?/m1/s1. The van der Waals surface area contributed by atoms with Gasteiger partial charge in [0.15, 0.2) is 0 Å². The Balaban J connectivity index is 1.68. The first-order valence-electron chi connectivity index (χ1n) is 6.50. The Morgan fingerprint density at radius 2 is 1.07 bits per heavy atom. The molecule has 0 aromatic rings. The quantitative estimate of drug-likeness (QED) is 0.535. The van der Waals surface area contributed by atoms with Crippen LogP contribution in [-0.2, 0) is 0 Å². The molecule has 0 nitrogen and oxygen atoms in total. The molecule has 0 aromatic heterocycles. The van der Waals surface area contributed by atoms with Gasteiger partial charge in [0, 0.05) is 0 Å². The lowest BCUT2D eigenvalue weighted by molar-refractivity contribution is 0.375. The Labute approximate surface area is 89.4 Å². The zero-order chi connectivity index (χ0) is 8.82. The minimum Gasteiger partial charge on any atom is -0.118 e. The summed E-state index contributed by atoms with van der Waals surface area (Å²) < 4.78 is 0. The molecule has 14 heavy (non-hydrogen) atoms. The summed E-state index contributed by atoms with van der Waals surface area (Å²) in [6, 6.07) is 0. The smallest absolute Gasteiger partial charge is 0.0539 e. The highest BCUT2D eigenvalue weighted by Gasteiger charge is 2.86. The number of hydrogen-bond acceptors (Lipinski definition) is 0. The van der Waals surface area contributed by atoms with E-state index in [0.717, 1.165) is 35.5 Å². The second-order valence-electron chi connectivity index (χ2n) is 7.08. The Morgan fingerprint density at radius 1 is 0.714 bits per heavy atom. The molecule has 0 amide bonds. The van der Waals surface area contributed by atoms with Gasteiger partial charge in [-0.05, 0) is 72.5 Å². The van der Waals surface area contributed by atoms with E-state index in [2.05, 4.69) is 0 Å². The second kappa shape index (κ2) is 1.52. The normalized spacial score (nSPS) is 88.5. The van der Waals surface area contributed by atoms with Gasteiger partial charge in [-0.1, -0.05) is 0 Å². The van der Waals surface area contributed by atoms with Gasteiger partial charge in [0.2, 0.25) is 0 Å². The van der Waals surface area contributed by atoms with E-state index in [4.69, 9.17) is 11.6 Å². The SMILES string of the molecule is ClC12[C@H]3C[C@H]3C3C(C3[C@@H]3C[C@@H]31)[C@@H]1C[C@@H]12. The lowest BCUT2D eigenvalue weighted by Crippen LogP contribution is -2.31. The summed E-state index contributed by atoms with van der Waals surface area (Å²) in [5.41, 5.74) is 0. The minimum absolute atomic E-state index is 0.345. The number of rotatable bonds is 0. The molecule has 7 fully saturated rings. The van der Waals surface area contributed by atoms with Gasteiger partial charge in [0.1, 0.15) is 0 Å². The van der Waals surface area contributed by atoms with Crippen molar-refractivity contribution >= 4 is 11.6 Å². The summed E-state index contributed by atoms with van der Waals surface area (Å²) in [5.74, 6) is 9.86. The summed E-state index contributed by atoms with van der Waals surface area (Å²) in [6.07, 6.45) is 4.56. The van der Waals surface area contributed by atoms with E-state index in [1.165, 1.54) is 37.0 Å². The van der Waals surface area contributed by atoms with Crippen molar-refractivity contribution in [3.8, 4) is 0 Å². The zero-order valence-corrected chi connectivity index (χ0v) is 8.95. The number of halogens is 1. The van der Waals surface area contributed by atoms with Crippen LogP contribution in [0.2, 0.25) is 0 Å². The highest BCUT2D eigenvalue weighted by atomic mass is 35.5. The molecule has 4 bridgehead atoms. The van der Waals surface area contributed by atoms with Crippen molar-refractivity contribution < 1.29 is 0 Å². The Morgan fingerprint density at radius 3 is 1.43 bits per heavy atom. The zero-order valence-electron chi connectivity index (χ0n) is 8.20. The maximum absolute atomic E-state index is 7.10. The van der Waals surface area contributed by atoms with Gasteiger partial charge in [-0.15, -0.1) is 11.6 Å². The average molecular weight is 207 g/mol. The molecule has 0 unspecified atom stereocenters. The van der Waals surface area contributed by atoms with E-state index in [1.54, 1.807) is 0 Å². The molecule has 0 aliphatic heterocycles. The first kappa shape index (κ1) is 6.78. The van der Waals surface area contributed by atoms with Crippen molar-refractivity contribution in [2.75, 3.05) is 0 Å². The third kappa shape index (κ3) is 0.461. The highest BCUT2D eigenvalue weighted by Crippen LogP contribution is 2.88. The molecule has 6 atom stereocenters. The summed E-state index contributed by atoms with van der Waals surface area (Å²) >= 11 is 7.10. The predicted octanol–water partition coefficient (Wildman–Crippen LogP) is 2.76. The van der Waals surface area contributed by atoms with Crippen LogP contribution in [0.5, 0.6) is 0 Å². The fourth-order valence-electron chi connectivity index (χ4n) is 6.37. The highest BCUT2D eigenvalue weighted by molar-refractivity contribution is 6.25. The van der Waals surface area contributed by atoms with E-state index < -0.39 is 0 Å². The van der Waals surface area contributed by atoms with Gasteiger partial charge in [0.05, 0.1) is 4.87 Å². The molecule has 7 aliphatic rings. The van der Waals surface area contributed by atoms with Crippen LogP contribution in [-0.4, -0.2) is 4.87 Å². The van der Waals surface area contributed by atoms with Crippen LogP contribution in [0, 0.1) is 53.3 Å². The molecule has 7 aliphatic carbocycles. The summed E-state index contributed by atoms with van der Waals surface area (Å²) in [6.45, 7) is 0. The summed E-state index contributed by atoms with van der Waals surface area (Å²) in [5, 5.41) is 0. The lowest BCUT2D eigenvalue weighted by atomic mass is 9.90. The van der Waals surface area contributed by atoms with Crippen molar-refractivity contribution in [2.24, 2.45) is 53.3 Å². The molecular weight excluding hydrogens is 192 g/mol. The van der Waals surface area contributed by atoms with Crippen molar-refractivity contribution in [3.05, 3.63) is 0 Å². The monoisotopic (exact) mass is 206 g/mol. The van der Waals surface area contributed by atoms with E-state index in [0.29, 0.717) is 4.87 Å². The largest absolute Gasteiger partial charge is 0.118 e. The predicted molar refractivity (Wildman–Crippen MR) is 53.8 cm³/mol. The summed E-state index contributed by atoms with van der Waals surface area (Å²) in [4.78, 5) is 0.345. The maximum atomic E-state index is 7.10. The van der Waals surface area contributed by atoms with Crippen LogP contribution in [0.3, 0.4) is 0 Å². The van der Waals surface area contributed by atoms with E-state index in [-0.39, 0.29) is 0 Å². The van der Waals surface area contributed by atoms with Gasteiger partial charge in [-0.3, -0.25) is 0 Å². The van der Waals surface area contributed by atoms with E-state index in [9.17, 15) is 0 Å². The van der Waals surface area contributed by atoms with Gasteiger partial charge in [-0.25, -0.2) is 0 Å². The first-order valence-corrected chi connectivity index (χ1v) is 6.88. The van der Waals surface area contributed by atoms with Gasteiger partial charge >= 0.3 is 0 Å². The molecule has 7 rings (SSSR count).